The molecule has 1 aliphatic heterocycles. The van der Waals surface area contributed by atoms with Crippen LogP contribution in [0.4, 0.5) is 0 Å². The van der Waals surface area contributed by atoms with E-state index >= 15 is 0 Å². The first-order valence-electron chi connectivity index (χ1n) is 31.9. The second-order valence-corrected chi connectivity index (χ2v) is 22.1. The van der Waals surface area contributed by atoms with Crippen LogP contribution in [0, 0.1) is 0 Å². The van der Waals surface area contributed by atoms with E-state index in [0.717, 1.165) is 77.0 Å². The number of unbranched alkanes of at least 4 members (excludes halogenated alkanes) is 34. The van der Waals surface area contributed by atoms with Crippen LogP contribution < -0.4 is 5.32 Å². The molecule has 1 saturated heterocycles. The third-order valence-corrected chi connectivity index (χ3v) is 15.0. The van der Waals surface area contributed by atoms with Gasteiger partial charge in [-0.2, -0.15) is 0 Å². The van der Waals surface area contributed by atoms with E-state index < -0.39 is 67.4 Å². The molecule has 1 heterocycles. The van der Waals surface area contributed by atoms with E-state index in [2.05, 4.69) is 62.5 Å². The van der Waals surface area contributed by atoms with Gasteiger partial charge in [0.2, 0.25) is 5.91 Å². The smallest absolute Gasteiger partial charge is 0.306 e. The quantitative estimate of drug-likeness (QED) is 0.0195. The first kappa shape index (κ1) is 71.6. The molecule has 6 N–H and O–H groups in total. The van der Waals surface area contributed by atoms with E-state index in [1.807, 2.05) is 6.08 Å². The van der Waals surface area contributed by atoms with Crippen LogP contribution >= 0.6 is 0 Å². The van der Waals surface area contributed by atoms with E-state index in [-0.39, 0.29) is 13.0 Å². The Morgan fingerprint density at radius 2 is 0.908 bits per heavy atom. The number of esters is 1. The molecule has 444 valence electrons. The van der Waals surface area contributed by atoms with Gasteiger partial charge in [0.05, 0.1) is 25.4 Å². The maximum Gasteiger partial charge on any atom is 0.306 e. The second-order valence-electron chi connectivity index (χ2n) is 22.1. The molecule has 0 saturated carbocycles. The lowest BCUT2D eigenvalue weighted by atomic mass is 9.99. The summed E-state index contributed by atoms with van der Waals surface area (Å²) in [5, 5.41) is 56.9. The molecule has 0 radical (unpaired) electrons. The topological polar surface area (TPSA) is 175 Å². The minimum absolute atomic E-state index is 0.120. The zero-order valence-electron chi connectivity index (χ0n) is 49.1. The predicted molar refractivity (Wildman–Crippen MR) is 315 cm³/mol. The average Bonchev–Trinajstić information content (AvgIpc) is 3.42. The second kappa shape index (κ2) is 53.3. The number of rotatable bonds is 54. The Morgan fingerprint density at radius 3 is 1.38 bits per heavy atom. The molecule has 0 spiro atoms. The summed E-state index contributed by atoms with van der Waals surface area (Å²) in [6.07, 6.45) is 54.4. The molecule has 1 aliphatic rings. The molecule has 1 amide bonds. The molecule has 0 aromatic carbocycles. The number of carbonyl (C=O) groups is 2. The molecule has 0 aromatic heterocycles. The van der Waals surface area contributed by atoms with Crippen molar-refractivity contribution in [3.63, 3.8) is 0 Å². The van der Waals surface area contributed by atoms with Crippen molar-refractivity contribution in [1.82, 2.24) is 5.32 Å². The number of hydrogen-bond donors (Lipinski definition) is 6. The number of allylic oxidation sites excluding steroid dienone is 7. The Balaban J connectivity index is 2.60. The van der Waals surface area contributed by atoms with Gasteiger partial charge in [0.1, 0.15) is 24.4 Å². The van der Waals surface area contributed by atoms with Crippen molar-refractivity contribution in [3.8, 4) is 0 Å². The van der Waals surface area contributed by atoms with Gasteiger partial charge in [-0.15, -0.1) is 0 Å². The van der Waals surface area contributed by atoms with Crippen molar-refractivity contribution >= 4 is 11.9 Å². The number of carbonyl (C=O) groups excluding carboxylic acids is 2. The molecular formula is C65H119NO10. The number of aliphatic hydroxyl groups excluding tert-OH is 5. The molecule has 76 heavy (non-hydrogen) atoms. The summed E-state index contributed by atoms with van der Waals surface area (Å²) in [5.41, 5.74) is 0. The van der Waals surface area contributed by atoms with Gasteiger partial charge in [0, 0.05) is 6.42 Å². The van der Waals surface area contributed by atoms with Crippen molar-refractivity contribution in [2.45, 2.75) is 339 Å². The predicted octanol–water partition coefficient (Wildman–Crippen LogP) is 15.2. The summed E-state index contributed by atoms with van der Waals surface area (Å²) >= 11 is 0. The Labute approximate surface area is 466 Å². The summed E-state index contributed by atoms with van der Waals surface area (Å²) in [5.74, 6) is -1.19. The Hall–Kier alpha value is -2.38. The van der Waals surface area contributed by atoms with Crippen LogP contribution in [0.1, 0.15) is 290 Å². The Morgan fingerprint density at radius 1 is 0.513 bits per heavy atom. The molecule has 1 fully saturated rings. The Bertz CT molecular complexity index is 1420. The van der Waals surface area contributed by atoms with Crippen LogP contribution in [-0.2, 0) is 23.8 Å². The first-order chi connectivity index (χ1) is 37.2. The van der Waals surface area contributed by atoms with Crippen molar-refractivity contribution in [2.24, 2.45) is 0 Å². The molecular weight excluding hydrogens is 955 g/mol. The summed E-state index contributed by atoms with van der Waals surface area (Å²) < 4.78 is 17.6. The summed E-state index contributed by atoms with van der Waals surface area (Å²) in [7, 11) is 0. The van der Waals surface area contributed by atoms with E-state index in [4.69, 9.17) is 14.2 Å². The van der Waals surface area contributed by atoms with E-state index in [1.54, 1.807) is 6.08 Å². The molecule has 0 aromatic rings. The lowest BCUT2D eigenvalue weighted by Gasteiger charge is -2.41. The van der Waals surface area contributed by atoms with Crippen LogP contribution in [0.15, 0.2) is 48.6 Å². The van der Waals surface area contributed by atoms with Crippen LogP contribution in [0.5, 0.6) is 0 Å². The molecule has 1 rings (SSSR count). The fourth-order valence-electron chi connectivity index (χ4n) is 9.89. The highest BCUT2D eigenvalue weighted by Crippen LogP contribution is 2.26. The highest BCUT2D eigenvalue weighted by atomic mass is 16.7. The Kier molecular flexibility index (Phi) is 50.2. The zero-order chi connectivity index (χ0) is 55.4. The summed E-state index contributed by atoms with van der Waals surface area (Å²) in [6, 6.07) is -1.02. The van der Waals surface area contributed by atoms with Gasteiger partial charge in [-0.1, -0.05) is 268 Å². The maximum absolute atomic E-state index is 13.4. The lowest BCUT2D eigenvalue weighted by Crippen LogP contribution is -2.61. The van der Waals surface area contributed by atoms with Gasteiger partial charge in [-0.05, 0) is 64.2 Å². The van der Waals surface area contributed by atoms with Gasteiger partial charge in [-0.3, -0.25) is 9.59 Å². The van der Waals surface area contributed by atoms with Gasteiger partial charge in [0.25, 0.3) is 0 Å². The summed E-state index contributed by atoms with van der Waals surface area (Å²) in [4.78, 5) is 26.5. The van der Waals surface area contributed by atoms with Crippen molar-refractivity contribution in [2.75, 3.05) is 13.2 Å². The van der Waals surface area contributed by atoms with E-state index in [0.29, 0.717) is 19.3 Å². The van der Waals surface area contributed by atoms with E-state index in [1.165, 1.54) is 167 Å². The van der Waals surface area contributed by atoms with Gasteiger partial charge >= 0.3 is 5.97 Å². The number of nitrogens with one attached hydrogen (secondary N) is 1. The maximum atomic E-state index is 13.4. The minimum atomic E-state index is -1.61. The molecule has 8 atom stereocenters. The SMILES string of the molecule is CCCCC/C=C\C/C=C\C/C=C\CCCCCCCCCCCCC(=O)OC1C(OCC(NC(=O)C(O)CCCCCCCCCCCCCCC)C(O)/C=C/CCCCCCCCCCC)OC(CO)C(O)C1O. The molecule has 0 aliphatic carbocycles. The minimum Gasteiger partial charge on any atom is -0.454 e. The molecule has 0 bridgehead atoms. The number of aliphatic hydroxyl groups is 5. The largest absolute Gasteiger partial charge is 0.454 e. The fourth-order valence-corrected chi connectivity index (χ4v) is 9.89. The van der Waals surface area contributed by atoms with Gasteiger partial charge < -0.3 is 45.1 Å². The van der Waals surface area contributed by atoms with Crippen molar-refractivity contribution in [1.29, 1.82) is 0 Å². The molecule has 8 unspecified atom stereocenters. The molecule has 11 nitrogen and oxygen atoms in total. The average molecular weight is 1070 g/mol. The van der Waals surface area contributed by atoms with E-state index in [9.17, 15) is 35.1 Å². The highest BCUT2D eigenvalue weighted by Gasteiger charge is 2.47. The monoisotopic (exact) mass is 1070 g/mol. The van der Waals surface area contributed by atoms with Crippen LogP contribution in [-0.4, -0.2) is 99.6 Å². The zero-order valence-corrected chi connectivity index (χ0v) is 49.1. The van der Waals surface area contributed by atoms with Crippen molar-refractivity contribution in [3.05, 3.63) is 48.6 Å². The summed E-state index contributed by atoms with van der Waals surface area (Å²) in [6.45, 7) is 5.77. The first-order valence-corrected chi connectivity index (χ1v) is 31.9. The number of amides is 1. The van der Waals surface area contributed by atoms with Gasteiger partial charge in [-0.25, -0.2) is 0 Å². The third-order valence-electron chi connectivity index (χ3n) is 15.0. The number of ether oxygens (including phenoxy) is 3. The normalized spacial score (nSPS) is 19.4. The fraction of sp³-hybridized carbons (Fsp3) is 0.846. The number of hydrogen-bond acceptors (Lipinski definition) is 10. The standard InChI is InChI=1S/C65H119NO10/c1-4-7-10-13-16-19-22-24-25-26-27-28-29-30-31-32-33-35-38-41-44-47-50-53-60(70)76-63-62(72)61(71)59(54-67)75-65(63)74-55-56(57(68)51-48-45-42-39-36-21-18-15-12-9-6-3)66-64(73)58(69)52-49-46-43-40-37-34-23-20-17-14-11-8-5-2/h16,19,24-25,27-28,48,51,56-59,61-63,65,67-69,71-72H,4-15,17-18,20-23,26,29-47,49-50,52-55H2,1-3H3,(H,66,73)/b19-16-,25-24-,28-27-,51-48+. The van der Waals surface area contributed by atoms with Crippen LogP contribution in [0.2, 0.25) is 0 Å². The highest BCUT2D eigenvalue weighted by molar-refractivity contribution is 5.80. The van der Waals surface area contributed by atoms with Crippen LogP contribution in [0.3, 0.4) is 0 Å². The lowest BCUT2D eigenvalue weighted by molar-refractivity contribution is -0.305. The third kappa shape index (κ3) is 40.8. The molecule has 11 heteroatoms. The van der Waals surface area contributed by atoms with Gasteiger partial charge in [0.15, 0.2) is 12.4 Å². The van der Waals surface area contributed by atoms with Crippen molar-refractivity contribution < 1.29 is 49.3 Å². The van der Waals surface area contributed by atoms with Crippen LogP contribution in [0.25, 0.3) is 0 Å².